The van der Waals surface area contributed by atoms with Gasteiger partial charge in [-0.05, 0) is 67.6 Å². The number of nitrogens with one attached hydrogen (secondary N) is 3. The molecule has 3 N–H and O–H groups in total. The van der Waals surface area contributed by atoms with E-state index in [1.54, 1.807) is 25.7 Å². The summed E-state index contributed by atoms with van der Waals surface area (Å²) in [4.78, 5) is 72.1. The molecule has 15 heteroatoms. The van der Waals surface area contributed by atoms with Crippen molar-refractivity contribution in [1.29, 1.82) is 0 Å². The number of carbonyl (C=O) groups is 5. The largest absolute Gasteiger partial charge is 0.444 e. The topological polar surface area (TPSA) is 181 Å². The summed E-state index contributed by atoms with van der Waals surface area (Å²) in [6.45, 7) is 11.5. The minimum absolute atomic E-state index is 0.0873. The van der Waals surface area contributed by atoms with E-state index in [0.29, 0.717) is 32.4 Å². The third-order valence-corrected chi connectivity index (χ3v) is 13.5. The van der Waals surface area contributed by atoms with Crippen molar-refractivity contribution in [2.45, 2.75) is 120 Å². The number of nitrogens with zero attached hydrogens (tertiary/aromatic N) is 2. The number of fused-ring (bicyclic) bond motifs is 4. The maximum Gasteiger partial charge on any atom is 0.410 e. The summed E-state index contributed by atoms with van der Waals surface area (Å²) in [5.41, 5.74) is -0.0624. The van der Waals surface area contributed by atoms with Crippen LogP contribution in [0.1, 0.15) is 89.3 Å². The average Bonchev–Trinajstić information content (AvgIpc) is 4.04. The molecule has 5 amide bonds. The number of hydrogen-bond donors (Lipinski definition) is 3. The Bertz CT molecular complexity index is 1890. The van der Waals surface area contributed by atoms with Gasteiger partial charge in [0, 0.05) is 24.8 Å². The van der Waals surface area contributed by atoms with Crippen molar-refractivity contribution in [3.05, 3.63) is 53.6 Å². The predicted octanol–water partition coefficient (Wildman–Crippen LogP) is 3.50. The molecule has 3 aliphatic heterocycles. The normalized spacial score (nSPS) is 33.4. The molecule has 7 atom stereocenters. The number of allylic oxidation sites excluding steroid dienone is 1. The van der Waals surface area contributed by atoms with Crippen molar-refractivity contribution < 1.29 is 41.9 Å². The zero-order valence-electron chi connectivity index (χ0n) is 30.7. The van der Waals surface area contributed by atoms with Crippen LogP contribution in [0, 0.1) is 17.3 Å². The highest BCUT2D eigenvalue weighted by Crippen LogP contribution is 2.50. The lowest BCUT2D eigenvalue weighted by Gasteiger charge is -2.35. The Balaban J connectivity index is 1.17. The quantitative estimate of drug-likeness (QED) is 0.367. The summed E-state index contributed by atoms with van der Waals surface area (Å²) in [5.74, 6) is -2.56. The zero-order valence-corrected chi connectivity index (χ0v) is 31.5. The number of rotatable bonds is 6. The Morgan fingerprint density at radius 2 is 1.85 bits per heavy atom. The van der Waals surface area contributed by atoms with Gasteiger partial charge in [-0.25, -0.2) is 18.0 Å². The Morgan fingerprint density at radius 3 is 2.53 bits per heavy atom. The summed E-state index contributed by atoms with van der Waals surface area (Å²) in [6, 6.07) is 3.58. The number of sulfonamides is 1. The second-order valence-corrected chi connectivity index (χ2v) is 18.8. The lowest BCUT2D eigenvalue weighted by Crippen LogP contribution is -2.60. The molecule has 0 radical (unpaired) electrons. The van der Waals surface area contributed by atoms with Crippen LogP contribution in [0.5, 0.6) is 0 Å². The maximum atomic E-state index is 14.5. The van der Waals surface area contributed by atoms with E-state index < -0.39 is 85.8 Å². The second kappa shape index (κ2) is 13.2. The SMILES string of the molecule is C=C[C@@H]1C[C@]1(NC(=O)[C@@H]1C[C@@H]2CN1C(=O)[C@H](C(C)(C)C)NC(=O)O[C@@]1(C)C[C@@H]1CC/C=C/c1cccc3c1CN(C3)C(=O)O2)C(=O)NS(=O)(=O)C1CC1. The average molecular weight is 752 g/mol. The highest BCUT2D eigenvalue weighted by atomic mass is 32.2. The van der Waals surface area contributed by atoms with Crippen LogP contribution in [0.2, 0.25) is 0 Å². The van der Waals surface area contributed by atoms with Crippen molar-refractivity contribution in [2.75, 3.05) is 6.54 Å². The summed E-state index contributed by atoms with van der Waals surface area (Å²) in [6.07, 6.45) is 6.60. The van der Waals surface area contributed by atoms with Crippen molar-refractivity contribution in [3.63, 3.8) is 0 Å². The summed E-state index contributed by atoms with van der Waals surface area (Å²) in [7, 11) is -3.91. The molecule has 4 fully saturated rings. The van der Waals surface area contributed by atoms with Crippen molar-refractivity contribution >= 4 is 46.0 Å². The summed E-state index contributed by atoms with van der Waals surface area (Å²) >= 11 is 0. The summed E-state index contributed by atoms with van der Waals surface area (Å²) < 4.78 is 39.4. The number of amides is 5. The monoisotopic (exact) mass is 751 g/mol. The number of carbonyl (C=O) groups excluding carboxylic acids is 5. The van der Waals surface area contributed by atoms with E-state index in [9.17, 15) is 32.4 Å². The molecule has 1 aromatic rings. The van der Waals surface area contributed by atoms with Gasteiger partial charge in [0.1, 0.15) is 29.3 Å². The van der Waals surface area contributed by atoms with Crippen LogP contribution in [0.3, 0.4) is 0 Å². The first-order chi connectivity index (χ1) is 24.9. The third-order valence-electron chi connectivity index (χ3n) is 11.7. The van der Waals surface area contributed by atoms with Crippen LogP contribution in [-0.4, -0.2) is 89.2 Å². The fourth-order valence-corrected chi connectivity index (χ4v) is 9.35. The van der Waals surface area contributed by atoms with Crippen LogP contribution in [0.15, 0.2) is 36.9 Å². The van der Waals surface area contributed by atoms with E-state index in [-0.39, 0.29) is 25.3 Å². The van der Waals surface area contributed by atoms with Crippen LogP contribution >= 0.6 is 0 Å². The second-order valence-electron chi connectivity index (χ2n) is 16.8. The Morgan fingerprint density at radius 1 is 1.09 bits per heavy atom. The van der Waals surface area contributed by atoms with Crippen molar-refractivity contribution in [2.24, 2.45) is 17.3 Å². The standard InChI is InChI=1S/C38H49N5O9S/c1-6-24-18-38(24,33(46)41-53(49,50)27-14-15-27)40-31(44)29-16-26-20-43(29)32(45)30(36(2,3)4)39-34(47)52-37(5)17-25(37)13-8-7-10-22-11-9-12-23-19-42(21-28(22)23)35(48)51-26/h6-7,9-12,24-27,29-30H,1,8,13-21H2,2-5H3,(H,39,47)(H,40,44)(H,41,46)/b10-7+/t24-,25+,26-,29+,30-,37+,38-/m1/s1. The lowest BCUT2D eigenvalue weighted by molar-refractivity contribution is -0.143. The molecule has 3 aliphatic carbocycles. The number of alkyl carbamates (subject to hydrolysis) is 1. The molecule has 53 heavy (non-hydrogen) atoms. The molecular weight excluding hydrogens is 703 g/mol. The first-order valence-electron chi connectivity index (χ1n) is 18.5. The van der Waals surface area contributed by atoms with Gasteiger partial charge < -0.3 is 25.0 Å². The number of hydrogen-bond acceptors (Lipinski definition) is 9. The lowest BCUT2D eigenvalue weighted by atomic mass is 9.85. The molecule has 286 valence electrons. The fraction of sp³-hybridized carbons (Fsp3) is 0.605. The molecule has 7 rings (SSSR count). The van der Waals surface area contributed by atoms with E-state index in [1.165, 1.54) is 11.0 Å². The fourth-order valence-electron chi connectivity index (χ4n) is 7.99. The van der Waals surface area contributed by atoms with E-state index in [4.69, 9.17) is 9.47 Å². The van der Waals surface area contributed by atoms with Crippen molar-refractivity contribution in [3.8, 4) is 0 Å². The molecule has 3 heterocycles. The predicted molar refractivity (Wildman–Crippen MR) is 193 cm³/mol. The van der Waals surface area contributed by atoms with Crippen LogP contribution in [0.4, 0.5) is 9.59 Å². The highest BCUT2D eigenvalue weighted by Gasteiger charge is 2.62. The Labute approximate surface area is 310 Å². The van der Waals surface area contributed by atoms with Gasteiger partial charge in [-0.1, -0.05) is 57.2 Å². The van der Waals surface area contributed by atoms with Crippen LogP contribution < -0.4 is 15.4 Å². The van der Waals surface area contributed by atoms with Gasteiger partial charge in [0.05, 0.1) is 18.3 Å². The molecule has 4 bridgehead atoms. The highest BCUT2D eigenvalue weighted by molar-refractivity contribution is 7.91. The molecule has 1 saturated heterocycles. The number of ether oxygens (including phenoxy) is 2. The first kappa shape index (κ1) is 36.9. The molecule has 1 aromatic carbocycles. The van der Waals surface area contributed by atoms with E-state index >= 15 is 0 Å². The Kier molecular flexibility index (Phi) is 9.18. The third kappa shape index (κ3) is 7.28. The van der Waals surface area contributed by atoms with Crippen LogP contribution in [-0.2, 0) is 47.0 Å². The minimum Gasteiger partial charge on any atom is -0.444 e. The minimum atomic E-state index is -3.91. The summed E-state index contributed by atoms with van der Waals surface area (Å²) in [5, 5.41) is 4.87. The molecule has 0 unspecified atom stereocenters. The molecular formula is C38H49N5O9S. The number of benzene rings is 1. The zero-order chi connectivity index (χ0) is 38.1. The van der Waals surface area contributed by atoms with Gasteiger partial charge in [0.15, 0.2) is 0 Å². The molecule has 14 nitrogen and oxygen atoms in total. The van der Waals surface area contributed by atoms with E-state index in [2.05, 4.69) is 34.1 Å². The Hall–Kier alpha value is -4.40. The molecule has 0 spiro atoms. The van der Waals surface area contributed by atoms with Gasteiger partial charge in [0.25, 0.3) is 5.91 Å². The van der Waals surface area contributed by atoms with E-state index in [1.807, 2.05) is 25.1 Å². The first-order valence-corrected chi connectivity index (χ1v) is 20.0. The van der Waals surface area contributed by atoms with Gasteiger partial charge in [-0.3, -0.25) is 24.0 Å². The van der Waals surface area contributed by atoms with Gasteiger partial charge >= 0.3 is 12.2 Å². The maximum absolute atomic E-state index is 14.5. The molecule has 3 saturated carbocycles. The molecule has 6 aliphatic rings. The van der Waals surface area contributed by atoms with Gasteiger partial charge in [-0.15, -0.1) is 6.58 Å². The van der Waals surface area contributed by atoms with Crippen molar-refractivity contribution in [1.82, 2.24) is 25.2 Å². The van der Waals surface area contributed by atoms with Crippen LogP contribution in [0.25, 0.3) is 6.08 Å². The smallest absolute Gasteiger partial charge is 0.410 e. The van der Waals surface area contributed by atoms with Gasteiger partial charge in [-0.2, -0.15) is 0 Å². The molecule has 0 aromatic heterocycles. The van der Waals surface area contributed by atoms with Gasteiger partial charge in [0.2, 0.25) is 21.8 Å². The van der Waals surface area contributed by atoms with E-state index in [0.717, 1.165) is 29.5 Å².